The van der Waals surface area contributed by atoms with Gasteiger partial charge in [-0.05, 0) is 30.7 Å². The fraction of sp³-hybridized carbons (Fsp3) is 0.476. The Hall–Kier alpha value is -1.83. The number of nitrogens with zero attached hydrogens (tertiary/aromatic N) is 1. The van der Waals surface area contributed by atoms with Crippen LogP contribution < -0.4 is 4.74 Å². The molecule has 0 unspecified atom stereocenters. The number of unbranched alkanes of at least 4 members (excludes halogenated alkanes) is 7. The van der Waals surface area contributed by atoms with Crippen LogP contribution in [0.4, 0.5) is 0 Å². The Morgan fingerprint density at radius 2 is 1.61 bits per heavy atom. The van der Waals surface area contributed by atoms with E-state index in [1.54, 1.807) is 0 Å². The van der Waals surface area contributed by atoms with Gasteiger partial charge in [0, 0.05) is 11.8 Å². The molecular formula is C21H29NO. The molecule has 0 aliphatic rings. The van der Waals surface area contributed by atoms with Crippen LogP contribution in [0.5, 0.6) is 5.75 Å². The molecule has 0 bridgehead atoms. The normalized spacial score (nSPS) is 10.7. The second kappa shape index (κ2) is 10.8. The number of hydrogen-bond acceptors (Lipinski definition) is 2. The van der Waals surface area contributed by atoms with E-state index in [-0.39, 0.29) is 0 Å². The summed E-state index contributed by atoms with van der Waals surface area (Å²) in [6.07, 6.45) is 12.4. The molecule has 0 N–H and O–H groups in total. The maximum absolute atomic E-state index is 5.89. The van der Waals surface area contributed by atoms with Gasteiger partial charge in [0.05, 0.1) is 12.3 Å². The molecule has 0 spiro atoms. The van der Waals surface area contributed by atoms with Crippen LogP contribution in [0.15, 0.2) is 48.7 Å². The second-order valence-corrected chi connectivity index (χ2v) is 6.07. The van der Waals surface area contributed by atoms with Crippen molar-refractivity contribution in [1.82, 2.24) is 4.98 Å². The highest BCUT2D eigenvalue weighted by Crippen LogP contribution is 2.22. The van der Waals surface area contributed by atoms with Gasteiger partial charge in [-0.25, -0.2) is 0 Å². The average Bonchev–Trinajstić information content (AvgIpc) is 2.61. The van der Waals surface area contributed by atoms with E-state index in [4.69, 9.17) is 4.74 Å². The van der Waals surface area contributed by atoms with Crippen LogP contribution in [0.1, 0.15) is 58.3 Å². The zero-order valence-corrected chi connectivity index (χ0v) is 14.3. The van der Waals surface area contributed by atoms with Crippen molar-refractivity contribution in [2.75, 3.05) is 6.61 Å². The molecule has 0 aliphatic heterocycles. The Morgan fingerprint density at radius 1 is 0.826 bits per heavy atom. The molecule has 0 saturated carbocycles. The highest BCUT2D eigenvalue weighted by Gasteiger charge is 2.00. The molecule has 23 heavy (non-hydrogen) atoms. The number of hydrogen-bond donors (Lipinski definition) is 0. The minimum absolute atomic E-state index is 0.806. The fourth-order valence-corrected chi connectivity index (χ4v) is 2.70. The van der Waals surface area contributed by atoms with Gasteiger partial charge in [-0.2, -0.15) is 0 Å². The van der Waals surface area contributed by atoms with Crippen LogP contribution in [0, 0.1) is 0 Å². The summed E-state index contributed by atoms with van der Waals surface area (Å²) in [6.45, 7) is 3.07. The molecule has 0 radical (unpaired) electrons. The Labute approximate surface area is 140 Å². The number of benzene rings is 1. The monoisotopic (exact) mass is 311 g/mol. The molecule has 1 heterocycles. The standard InChI is InChI=1S/C21H29NO/c1-2-3-4-5-6-7-8-11-17-23-20-14-12-13-19(18-20)21-15-9-10-16-22-21/h9-10,12-16,18H,2-8,11,17H2,1H3. The van der Waals surface area contributed by atoms with Gasteiger partial charge in [0.25, 0.3) is 0 Å². The summed E-state index contributed by atoms with van der Waals surface area (Å²) in [5.41, 5.74) is 2.10. The first-order valence-electron chi connectivity index (χ1n) is 9.04. The fourth-order valence-electron chi connectivity index (χ4n) is 2.70. The van der Waals surface area contributed by atoms with Crippen LogP contribution in [0.2, 0.25) is 0 Å². The van der Waals surface area contributed by atoms with E-state index in [1.807, 2.05) is 36.5 Å². The molecule has 1 aromatic carbocycles. The molecule has 0 saturated heterocycles. The topological polar surface area (TPSA) is 22.1 Å². The van der Waals surface area contributed by atoms with Crippen molar-refractivity contribution < 1.29 is 4.74 Å². The largest absolute Gasteiger partial charge is 0.494 e. The zero-order valence-electron chi connectivity index (χ0n) is 14.3. The minimum atomic E-state index is 0.806. The van der Waals surface area contributed by atoms with Crippen LogP contribution in [0.3, 0.4) is 0 Å². The molecular weight excluding hydrogens is 282 g/mol. The second-order valence-electron chi connectivity index (χ2n) is 6.07. The summed E-state index contributed by atoms with van der Waals surface area (Å²) in [7, 11) is 0. The van der Waals surface area contributed by atoms with Crippen molar-refractivity contribution in [2.24, 2.45) is 0 Å². The SMILES string of the molecule is CCCCCCCCCCOc1cccc(-c2ccccn2)c1. The van der Waals surface area contributed by atoms with Crippen molar-refractivity contribution in [3.63, 3.8) is 0 Å². The van der Waals surface area contributed by atoms with Gasteiger partial charge in [-0.3, -0.25) is 4.98 Å². The molecule has 0 fully saturated rings. The maximum Gasteiger partial charge on any atom is 0.119 e. The van der Waals surface area contributed by atoms with Gasteiger partial charge in [0.1, 0.15) is 5.75 Å². The Balaban J connectivity index is 1.65. The highest BCUT2D eigenvalue weighted by atomic mass is 16.5. The highest BCUT2D eigenvalue weighted by molar-refractivity contribution is 5.60. The van der Waals surface area contributed by atoms with E-state index in [9.17, 15) is 0 Å². The predicted molar refractivity (Wildman–Crippen MR) is 97.8 cm³/mol. The van der Waals surface area contributed by atoms with Crippen LogP contribution >= 0.6 is 0 Å². The first-order chi connectivity index (χ1) is 11.4. The maximum atomic E-state index is 5.89. The number of pyridine rings is 1. The molecule has 2 nitrogen and oxygen atoms in total. The number of rotatable bonds is 11. The lowest BCUT2D eigenvalue weighted by molar-refractivity contribution is 0.304. The van der Waals surface area contributed by atoms with Gasteiger partial charge in [-0.1, -0.05) is 70.1 Å². The van der Waals surface area contributed by atoms with Gasteiger partial charge in [-0.15, -0.1) is 0 Å². The van der Waals surface area contributed by atoms with Gasteiger partial charge in [0.2, 0.25) is 0 Å². The van der Waals surface area contributed by atoms with Crippen molar-refractivity contribution in [3.05, 3.63) is 48.7 Å². The summed E-state index contributed by atoms with van der Waals surface area (Å²) in [5, 5.41) is 0. The van der Waals surface area contributed by atoms with E-state index in [0.717, 1.165) is 30.0 Å². The van der Waals surface area contributed by atoms with E-state index >= 15 is 0 Å². The van der Waals surface area contributed by atoms with Gasteiger partial charge >= 0.3 is 0 Å². The molecule has 1 aromatic heterocycles. The zero-order chi connectivity index (χ0) is 16.2. The lowest BCUT2D eigenvalue weighted by Gasteiger charge is -2.08. The smallest absolute Gasteiger partial charge is 0.119 e. The molecule has 2 heteroatoms. The van der Waals surface area contributed by atoms with Gasteiger partial charge < -0.3 is 4.74 Å². The van der Waals surface area contributed by atoms with E-state index < -0.39 is 0 Å². The van der Waals surface area contributed by atoms with Gasteiger partial charge in [0.15, 0.2) is 0 Å². The molecule has 124 valence electrons. The van der Waals surface area contributed by atoms with E-state index in [1.165, 1.54) is 44.9 Å². The van der Waals surface area contributed by atoms with Crippen molar-refractivity contribution in [3.8, 4) is 17.0 Å². The van der Waals surface area contributed by atoms with E-state index in [0.29, 0.717) is 0 Å². The Bertz CT molecular complexity index is 539. The summed E-state index contributed by atoms with van der Waals surface area (Å²) in [4.78, 5) is 4.39. The van der Waals surface area contributed by atoms with Crippen molar-refractivity contribution in [2.45, 2.75) is 58.3 Å². The van der Waals surface area contributed by atoms with Crippen molar-refractivity contribution >= 4 is 0 Å². The lowest BCUT2D eigenvalue weighted by atomic mass is 10.1. The van der Waals surface area contributed by atoms with Crippen molar-refractivity contribution in [1.29, 1.82) is 0 Å². The lowest BCUT2D eigenvalue weighted by Crippen LogP contribution is -1.97. The molecule has 2 rings (SSSR count). The summed E-state index contributed by atoms with van der Waals surface area (Å²) < 4.78 is 5.89. The molecule has 0 amide bonds. The van der Waals surface area contributed by atoms with Crippen LogP contribution in [0.25, 0.3) is 11.3 Å². The summed E-state index contributed by atoms with van der Waals surface area (Å²) in [6, 6.07) is 14.2. The first kappa shape index (κ1) is 17.5. The van der Waals surface area contributed by atoms with Crippen LogP contribution in [-0.2, 0) is 0 Å². The third-order valence-electron chi connectivity index (χ3n) is 4.06. The summed E-state index contributed by atoms with van der Waals surface area (Å²) in [5.74, 6) is 0.941. The molecule has 2 aromatic rings. The third kappa shape index (κ3) is 6.85. The third-order valence-corrected chi connectivity index (χ3v) is 4.06. The number of aromatic nitrogens is 1. The van der Waals surface area contributed by atoms with E-state index in [2.05, 4.69) is 24.0 Å². The minimum Gasteiger partial charge on any atom is -0.494 e. The molecule has 0 aliphatic carbocycles. The first-order valence-corrected chi connectivity index (χ1v) is 9.04. The average molecular weight is 311 g/mol. The number of ether oxygens (including phenoxy) is 1. The quantitative estimate of drug-likeness (QED) is 0.456. The van der Waals surface area contributed by atoms with Crippen LogP contribution in [-0.4, -0.2) is 11.6 Å². The Kier molecular flexibility index (Phi) is 8.25. The molecule has 0 atom stereocenters. The predicted octanol–water partition coefficient (Wildman–Crippen LogP) is 6.27. The Morgan fingerprint density at radius 3 is 2.35 bits per heavy atom. The summed E-state index contributed by atoms with van der Waals surface area (Å²) >= 11 is 0.